The molecule has 1 atom stereocenters. The van der Waals surface area contributed by atoms with Crippen molar-refractivity contribution >= 4 is 10.9 Å². The lowest BCUT2D eigenvalue weighted by molar-refractivity contribution is 0.408. The van der Waals surface area contributed by atoms with Crippen molar-refractivity contribution in [1.82, 2.24) is 15.3 Å². The largest absolute Gasteiger partial charge is 0.361 e. The maximum absolute atomic E-state index is 4.52. The summed E-state index contributed by atoms with van der Waals surface area (Å²) in [7, 11) is 0. The van der Waals surface area contributed by atoms with E-state index in [1.165, 1.54) is 35.9 Å². The van der Waals surface area contributed by atoms with Gasteiger partial charge in [0.1, 0.15) is 0 Å². The summed E-state index contributed by atoms with van der Waals surface area (Å²) in [4.78, 5) is 7.75. The van der Waals surface area contributed by atoms with E-state index < -0.39 is 0 Å². The number of hydrogen-bond donors (Lipinski definition) is 2. The second-order valence-corrected chi connectivity index (χ2v) is 4.14. The molecule has 2 N–H and O–H groups in total. The topological polar surface area (TPSA) is 40.7 Å². The number of piperidine rings is 1. The summed E-state index contributed by atoms with van der Waals surface area (Å²) < 4.78 is 0. The van der Waals surface area contributed by atoms with Crippen LogP contribution in [-0.4, -0.2) is 16.5 Å². The van der Waals surface area contributed by atoms with Crippen molar-refractivity contribution < 1.29 is 0 Å². The molecule has 0 saturated carbocycles. The van der Waals surface area contributed by atoms with Crippen LogP contribution < -0.4 is 5.32 Å². The molecule has 3 rings (SSSR count). The molecule has 0 bridgehead atoms. The van der Waals surface area contributed by atoms with Gasteiger partial charge in [0, 0.05) is 23.3 Å². The van der Waals surface area contributed by atoms with Gasteiger partial charge in [-0.25, -0.2) is 0 Å². The first kappa shape index (κ1) is 8.92. The van der Waals surface area contributed by atoms with Crippen molar-refractivity contribution in [2.24, 2.45) is 0 Å². The van der Waals surface area contributed by atoms with E-state index in [9.17, 15) is 0 Å². The highest BCUT2D eigenvalue weighted by molar-refractivity contribution is 5.81. The molecule has 78 valence electrons. The molecular formula is C12H15N3. The maximum atomic E-state index is 4.52. The molecule has 0 aliphatic carbocycles. The third-order valence-electron chi connectivity index (χ3n) is 3.15. The molecular weight excluding hydrogens is 186 g/mol. The molecule has 0 aromatic carbocycles. The summed E-state index contributed by atoms with van der Waals surface area (Å²) in [5, 5.41) is 4.80. The Kier molecular flexibility index (Phi) is 2.18. The number of nitrogens with one attached hydrogen (secondary N) is 2. The Labute approximate surface area is 88.9 Å². The molecule has 1 aliphatic heterocycles. The molecule has 1 fully saturated rings. The fourth-order valence-electron chi connectivity index (χ4n) is 2.37. The van der Waals surface area contributed by atoms with Gasteiger partial charge in [-0.15, -0.1) is 0 Å². The van der Waals surface area contributed by atoms with Crippen molar-refractivity contribution in [2.45, 2.75) is 25.3 Å². The number of fused-ring (bicyclic) bond motifs is 1. The lowest BCUT2D eigenvalue weighted by atomic mass is 9.99. The van der Waals surface area contributed by atoms with E-state index in [1.54, 1.807) is 0 Å². The number of H-pyrrole nitrogens is 1. The molecule has 0 spiro atoms. The van der Waals surface area contributed by atoms with Crippen LogP contribution in [0.15, 0.2) is 24.5 Å². The number of aromatic amines is 1. The van der Waals surface area contributed by atoms with Crippen LogP contribution in [-0.2, 0) is 0 Å². The molecule has 3 heterocycles. The van der Waals surface area contributed by atoms with E-state index in [1.807, 2.05) is 18.5 Å². The fraction of sp³-hybridized carbons (Fsp3) is 0.417. The summed E-state index contributed by atoms with van der Waals surface area (Å²) in [5.74, 6) is 0. The zero-order valence-corrected chi connectivity index (χ0v) is 8.66. The Morgan fingerprint density at radius 1 is 1.27 bits per heavy atom. The summed E-state index contributed by atoms with van der Waals surface area (Å²) in [6, 6.07) is 4.59. The first-order chi connectivity index (χ1) is 7.45. The van der Waals surface area contributed by atoms with Gasteiger partial charge in [0.25, 0.3) is 0 Å². The minimum Gasteiger partial charge on any atom is -0.361 e. The summed E-state index contributed by atoms with van der Waals surface area (Å²) in [5.41, 5.74) is 2.39. The third-order valence-corrected chi connectivity index (χ3v) is 3.15. The zero-order chi connectivity index (χ0) is 10.1. The van der Waals surface area contributed by atoms with Crippen LogP contribution in [0.5, 0.6) is 0 Å². The van der Waals surface area contributed by atoms with Crippen LogP contribution in [0.2, 0.25) is 0 Å². The average molecular weight is 201 g/mol. The van der Waals surface area contributed by atoms with Crippen LogP contribution in [0.1, 0.15) is 31.0 Å². The van der Waals surface area contributed by atoms with Gasteiger partial charge < -0.3 is 10.3 Å². The van der Waals surface area contributed by atoms with Crippen LogP contribution in [0.25, 0.3) is 10.9 Å². The average Bonchev–Trinajstić information content (AvgIpc) is 2.78. The Balaban J connectivity index is 2.05. The lowest BCUT2D eigenvalue weighted by Crippen LogP contribution is -2.27. The van der Waals surface area contributed by atoms with Crippen molar-refractivity contribution in [3.8, 4) is 0 Å². The molecule has 2 aromatic heterocycles. The van der Waals surface area contributed by atoms with Gasteiger partial charge in [0.2, 0.25) is 0 Å². The molecule has 3 heteroatoms. The van der Waals surface area contributed by atoms with E-state index in [0.717, 1.165) is 6.54 Å². The molecule has 1 saturated heterocycles. The number of pyridine rings is 1. The Morgan fingerprint density at radius 3 is 3.13 bits per heavy atom. The second-order valence-electron chi connectivity index (χ2n) is 4.14. The number of rotatable bonds is 1. The van der Waals surface area contributed by atoms with E-state index in [2.05, 4.69) is 21.4 Å². The number of aromatic nitrogens is 2. The smallest absolute Gasteiger partial charge is 0.0666 e. The first-order valence-corrected chi connectivity index (χ1v) is 5.60. The maximum Gasteiger partial charge on any atom is 0.0666 e. The van der Waals surface area contributed by atoms with Crippen molar-refractivity contribution in [3.63, 3.8) is 0 Å². The Hall–Kier alpha value is -1.35. The molecule has 0 radical (unpaired) electrons. The number of hydrogen-bond acceptors (Lipinski definition) is 2. The number of nitrogens with zero attached hydrogens (tertiary/aromatic N) is 1. The van der Waals surface area contributed by atoms with Gasteiger partial charge in [0.05, 0.1) is 11.7 Å². The van der Waals surface area contributed by atoms with Gasteiger partial charge in [-0.3, -0.25) is 4.98 Å². The summed E-state index contributed by atoms with van der Waals surface area (Å²) in [6.45, 7) is 1.12. The predicted octanol–water partition coefficient (Wildman–Crippen LogP) is 2.38. The minimum absolute atomic E-state index is 0.443. The van der Waals surface area contributed by atoms with Crippen molar-refractivity contribution in [2.75, 3.05) is 6.54 Å². The van der Waals surface area contributed by atoms with Crippen molar-refractivity contribution in [1.29, 1.82) is 0 Å². The van der Waals surface area contributed by atoms with Crippen LogP contribution in [0.3, 0.4) is 0 Å². The molecule has 1 aliphatic rings. The molecule has 3 nitrogen and oxygen atoms in total. The van der Waals surface area contributed by atoms with Crippen molar-refractivity contribution in [3.05, 3.63) is 30.2 Å². The zero-order valence-electron chi connectivity index (χ0n) is 8.66. The van der Waals surface area contributed by atoms with Gasteiger partial charge in [-0.05, 0) is 31.5 Å². The fourth-order valence-corrected chi connectivity index (χ4v) is 2.37. The SMILES string of the molecule is c1cc2[nH]ccc2c([C@@H]2CCCCN2)n1. The van der Waals surface area contributed by atoms with E-state index >= 15 is 0 Å². The molecule has 2 aromatic rings. The monoisotopic (exact) mass is 201 g/mol. The van der Waals surface area contributed by atoms with Gasteiger partial charge in [-0.2, -0.15) is 0 Å². The van der Waals surface area contributed by atoms with Gasteiger partial charge >= 0.3 is 0 Å². The Morgan fingerprint density at radius 2 is 2.27 bits per heavy atom. The minimum atomic E-state index is 0.443. The highest BCUT2D eigenvalue weighted by Gasteiger charge is 2.18. The van der Waals surface area contributed by atoms with E-state index in [-0.39, 0.29) is 0 Å². The normalized spacial score (nSPS) is 22.0. The quantitative estimate of drug-likeness (QED) is 0.743. The van der Waals surface area contributed by atoms with Crippen LogP contribution in [0.4, 0.5) is 0 Å². The molecule has 15 heavy (non-hydrogen) atoms. The molecule has 0 amide bonds. The lowest BCUT2D eigenvalue weighted by Gasteiger charge is -2.23. The standard InChI is InChI=1S/C12H15N3/c1-2-6-13-11(3-1)12-9-4-7-14-10(9)5-8-15-12/h4-5,7-8,11,13-14H,1-3,6H2/t11-/m0/s1. The third kappa shape index (κ3) is 1.53. The summed E-state index contributed by atoms with van der Waals surface area (Å²) >= 11 is 0. The second kappa shape index (κ2) is 3.66. The Bertz CT molecular complexity index is 455. The predicted molar refractivity (Wildman–Crippen MR) is 60.7 cm³/mol. The van der Waals surface area contributed by atoms with Gasteiger partial charge in [0.15, 0.2) is 0 Å². The van der Waals surface area contributed by atoms with E-state index in [4.69, 9.17) is 0 Å². The highest BCUT2D eigenvalue weighted by atomic mass is 14.9. The van der Waals surface area contributed by atoms with Crippen LogP contribution in [0, 0.1) is 0 Å². The molecule has 0 unspecified atom stereocenters. The van der Waals surface area contributed by atoms with Gasteiger partial charge in [-0.1, -0.05) is 6.42 Å². The summed E-state index contributed by atoms with van der Waals surface area (Å²) in [6.07, 6.45) is 7.68. The van der Waals surface area contributed by atoms with E-state index in [0.29, 0.717) is 6.04 Å². The van der Waals surface area contributed by atoms with Crippen LogP contribution >= 0.6 is 0 Å². The highest BCUT2D eigenvalue weighted by Crippen LogP contribution is 2.26. The first-order valence-electron chi connectivity index (χ1n) is 5.60.